The summed E-state index contributed by atoms with van der Waals surface area (Å²) in [6.07, 6.45) is 79.7. The van der Waals surface area contributed by atoms with Gasteiger partial charge in [0.1, 0.15) is 13.2 Å². The number of ether oxygens (including phenoxy) is 3. The fraction of sp³-hybridized carbons (Fsp3) is 0.712. The van der Waals surface area contributed by atoms with Crippen molar-refractivity contribution in [2.24, 2.45) is 0 Å². The van der Waals surface area contributed by atoms with Crippen molar-refractivity contribution in [3.8, 4) is 0 Å². The standard InChI is InChI=1S/C66H112O6/c1-4-7-10-13-16-19-22-25-28-31-33-36-38-41-44-47-50-53-56-59-65(68)71-62-63(61-70-64(67)58-55-52-49-46-43-40-37-34-30-27-24-21-18-15-12-9-6-3)72-66(69)60-57-54-51-48-45-42-39-35-32-29-26-23-20-17-14-11-8-5-2/h7,10,16,19,23,25-26,28-29,32-33,35-36,39,41,44,63H,4-6,8-9,11-15,17-18,20-22,24,27,30-31,34,37-38,40,42-43,45-62H2,1-3H3/b10-7-,19-16-,26-23-,28-25-,32-29-,36-33-,39-35-,44-41-. The molecule has 412 valence electrons. The molecule has 0 radical (unpaired) electrons. The van der Waals surface area contributed by atoms with Crippen molar-refractivity contribution in [1.29, 1.82) is 0 Å². The van der Waals surface area contributed by atoms with Crippen LogP contribution in [-0.4, -0.2) is 37.2 Å². The van der Waals surface area contributed by atoms with E-state index in [2.05, 4.69) is 118 Å². The quantitative estimate of drug-likeness (QED) is 0.0199. The molecule has 6 nitrogen and oxygen atoms in total. The highest BCUT2D eigenvalue weighted by atomic mass is 16.6. The molecule has 0 saturated heterocycles. The van der Waals surface area contributed by atoms with Gasteiger partial charge in [0.05, 0.1) is 0 Å². The third-order valence-electron chi connectivity index (χ3n) is 12.9. The van der Waals surface area contributed by atoms with Crippen molar-refractivity contribution in [3.63, 3.8) is 0 Å². The minimum atomic E-state index is -0.803. The molecule has 0 saturated carbocycles. The first-order valence-corrected chi connectivity index (χ1v) is 30.3. The van der Waals surface area contributed by atoms with Gasteiger partial charge in [-0.05, 0) is 89.9 Å². The Hall–Kier alpha value is -3.67. The van der Waals surface area contributed by atoms with E-state index >= 15 is 0 Å². The average molecular weight is 1000 g/mol. The van der Waals surface area contributed by atoms with Crippen LogP contribution < -0.4 is 0 Å². The Morgan fingerprint density at radius 1 is 0.306 bits per heavy atom. The molecule has 0 aliphatic rings. The monoisotopic (exact) mass is 1000 g/mol. The minimum Gasteiger partial charge on any atom is -0.462 e. The lowest BCUT2D eigenvalue weighted by Gasteiger charge is -2.18. The van der Waals surface area contributed by atoms with E-state index < -0.39 is 6.10 Å². The predicted molar refractivity (Wildman–Crippen MR) is 311 cm³/mol. The van der Waals surface area contributed by atoms with Gasteiger partial charge in [-0.2, -0.15) is 0 Å². The molecule has 0 fully saturated rings. The first-order valence-electron chi connectivity index (χ1n) is 30.3. The Morgan fingerprint density at radius 3 is 0.972 bits per heavy atom. The minimum absolute atomic E-state index is 0.0951. The lowest BCUT2D eigenvalue weighted by molar-refractivity contribution is -0.167. The maximum atomic E-state index is 12.9. The molecule has 6 heteroatoms. The van der Waals surface area contributed by atoms with Gasteiger partial charge in [-0.3, -0.25) is 14.4 Å². The lowest BCUT2D eigenvalue weighted by atomic mass is 10.0. The number of carbonyl (C=O) groups is 3. The van der Waals surface area contributed by atoms with E-state index in [9.17, 15) is 14.4 Å². The van der Waals surface area contributed by atoms with Crippen molar-refractivity contribution >= 4 is 17.9 Å². The van der Waals surface area contributed by atoms with Gasteiger partial charge >= 0.3 is 17.9 Å². The van der Waals surface area contributed by atoms with Crippen LogP contribution >= 0.6 is 0 Å². The molecular formula is C66H112O6. The van der Waals surface area contributed by atoms with Gasteiger partial charge < -0.3 is 14.2 Å². The third kappa shape index (κ3) is 57.2. The van der Waals surface area contributed by atoms with Crippen LogP contribution in [0, 0.1) is 0 Å². The van der Waals surface area contributed by atoms with Crippen molar-refractivity contribution < 1.29 is 28.6 Å². The number of hydrogen-bond donors (Lipinski definition) is 0. The Balaban J connectivity index is 4.48. The smallest absolute Gasteiger partial charge is 0.306 e. The molecule has 72 heavy (non-hydrogen) atoms. The van der Waals surface area contributed by atoms with Crippen molar-refractivity contribution in [3.05, 3.63) is 97.2 Å². The fourth-order valence-corrected chi connectivity index (χ4v) is 8.35. The summed E-state index contributed by atoms with van der Waals surface area (Å²) in [5.74, 6) is -0.940. The number of unbranched alkanes of at least 4 members (excludes halogenated alkanes) is 29. The first kappa shape index (κ1) is 68.3. The highest BCUT2D eigenvalue weighted by Gasteiger charge is 2.19. The third-order valence-corrected chi connectivity index (χ3v) is 12.9. The van der Waals surface area contributed by atoms with Crippen LogP contribution in [0.3, 0.4) is 0 Å². The zero-order valence-electron chi connectivity index (χ0n) is 47.2. The Bertz CT molecular complexity index is 1430. The molecule has 0 aliphatic heterocycles. The fourth-order valence-electron chi connectivity index (χ4n) is 8.35. The highest BCUT2D eigenvalue weighted by Crippen LogP contribution is 2.16. The normalized spacial score (nSPS) is 12.8. The topological polar surface area (TPSA) is 78.9 Å². The summed E-state index contributed by atoms with van der Waals surface area (Å²) >= 11 is 0. The summed E-state index contributed by atoms with van der Waals surface area (Å²) in [6.45, 7) is 6.49. The SMILES string of the molecule is CC/C=C\C/C=C\C/C=C\C/C=C\C/C=C\CCCCCC(=O)OCC(COC(=O)CCCCCCCCCCCCCCCCCCC)OC(=O)CCCCCCC\C=C/C=C\C=C/CCCCCCC. The molecule has 0 aromatic rings. The Labute approximate surface area is 445 Å². The second-order valence-electron chi connectivity index (χ2n) is 19.9. The van der Waals surface area contributed by atoms with Crippen LogP contribution in [0.5, 0.6) is 0 Å². The van der Waals surface area contributed by atoms with Crippen LogP contribution in [0.2, 0.25) is 0 Å². The van der Waals surface area contributed by atoms with Crippen LogP contribution in [0.25, 0.3) is 0 Å². The number of allylic oxidation sites excluding steroid dienone is 16. The lowest BCUT2D eigenvalue weighted by Crippen LogP contribution is -2.30. The van der Waals surface area contributed by atoms with E-state index in [0.29, 0.717) is 19.3 Å². The molecule has 0 heterocycles. The maximum Gasteiger partial charge on any atom is 0.306 e. The van der Waals surface area contributed by atoms with E-state index in [1.807, 2.05) is 0 Å². The molecule has 0 bridgehead atoms. The van der Waals surface area contributed by atoms with E-state index in [4.69, 9.17) is 14.2 Å². The zero-order valence-corrected chi connectivity index (χ0v) is 47.2. The molecule has 0 aromatic carbocycles. The summed E-state index contributed by atoms with van der Waals surface area (Å²) in [4.78, 5) is 38.2. The Kier molecular flexibility index (Phi) is 56.8. The molecule has 1 unspecified atom stereocenters. The van der Waals surface area contributed by atoms with Crippen LogP contribution in [-0.2, 0) is 28.6 Å². The summed E-state index contributed by atoms with van der Waals surface area (Å²) in [5, 5.41) is 0. The van der Waals surface area contributed by atoms with Gasteiger partial charge in [0.15, 0.2) is 6.10 Å². The van der Waals surface area contributed by atoms with Gasteiger partial charge in [-0.25, -0.2) is 0 Å². The van der Waals surface area contributed by atoms with Crippen molar-refractivity contribution in [2.45, 2.75) is 290 Å². The van der Waals surface area contributed by atoms with E-state index in [0.717, 1.165) is 122 Å². The second kappa shape index (κ2) is 59.9. The van der Waals surface area contributed by atoms with Gasteiger partial charge in [0, 0.05) is 19.3 Å². The first-order chi connectivity index (χ1) is 35.5. The molecule has 0 N–H and O–H groups in total. The van der Waals surface area contributed by atoms with Crippen LogP contribution in [0.1, 0.15) is 284 Å². The number of rotatable bonds is 54. The van der Waals surface area contributed by atoms with Gasteiger partial charge in [0.2, 0.25) is 0 Å². The zero-order chi connectivity index (χ0) is 52.2. The van der Waals surface area contributed by atoms with Crippen molar-refractivity contribution in [1.82, 2.24) is 0 Å². The molecule has 0 spiro atoms. The average Bonchev–Trinajstić information content (AvgIpc) is 3.38. The van der Waals surface area contributed by atoms with E-state index in [1.54, 1.807) is 0 Å². The number of carbonyl (C=O) groups excluding carboxylic acids is 3. The molecule has 0 amide bonds. The van der Waals surface area contributed by atoms with Crippen LogP contribution in [0.4, 0.5) is 0 Å². The summed E-state index contributed by atoms with van der Waals surface area (Å²) in [6, 6.07) is 0. The van der Waals surface area contributed by atoms with Gasteiger partial charge in [0.25, 0.3) is 0 Å². The van der Waals surface area contributed by atoms with Crippen LogP contribution in [0.15, 0.2) is 97.2 Å². The number of esters is 3. The highest BCUT2D eigenvalue weighted by molar-refractivity contribution is 5.71. The number of hydrogen-bond acceptors (Lipinski definition) is 6. The van der Waals surface area contributed by atoms with E-state index in [-0.39, 0.29) is 31.1 Å². The molecule has 0 aromatic heterocycles. The molecule has 0 rings (SSSR count). The maximum absolute atomic E-state index is 12.9. The molecular weight excluding hydrogens is 889 g/mol. The molecule has 0 aliphatic carbocycles. The van der Waals surface area contributed by atoms with Crippen molar-refractivity contribution in [2.75, 3.05) is 13.2 Å². The largest absolute Gasteiger partial charge is 0.462 e. The summed E-state index contributed by atoms with van der Waals surface area (Å²) in [7, 11) is 0. The summed E-state index contributed by atoms with van der Waals surface area (Å²) in [5.41, 5.74) is 0. The van der Waals surface area contributed by atoms with E-state index in [1.165, 1.54) is 122 Å². The van der Waals surface area contributed by atoms with Gasteiger partial charge in [-0.1, -0.05) is 272 Å². The molecule has 1 atom stereocenters. The van der Waals surface area contributed by atoms with Gasteiger partial charge in [-0.15, -0.1) is 0 Å². The Morgan fingerprint density at radius 2 is 0.597 bits per heavy atom. The summed E-state index contributed by atoms with van der Waals surface area (Å²) < 4.78 is 16.9. The predicted octanol–water partition coefficient (Wildman–Crippen LogP) is 20.5. The second-order valence-corrected chi connectivity index (χ2v) is 19.9.